The van der Waals surface area contributed by atoms with Gasteiger partial charge in [-0.3, -0.25) is 0 Å². The van der Waals surface area contributed by atoms with E-state index in [4.69, 9.17) is 4.74 Å². The maximum Gasteiger partial charge on any atom is 0.422 e. The monoisotopic (exact) mass is 424 g/mol. The SMILES string of the molecule is FC(F)(F)COc1cccc(CNCCc2c[nH]c3ccc(-c4ccccc4)cc23)c1. The number of fused-ring (bicyclic) bond motifs is 1. The predicted octanol–water partition coefficient (Wildman–Crippen LogP) is 6.11. The summed E-state index contributed by atoms with van der Waals surface area (Å²) in [5, 5.41) is 4.56. The summed E-state index contributed by atoms with van der Waals surface area (Å²) >= 11 is 0. The number of nitrogens with one attached hydrogen (secondary N) is 2. The lowest BCUT2D eigenvalue weighted by atomic mass is 10.0. The van der Waals surface area contributed by atoms with Crippen molar-refractivity contribution in [2.75, 3.05) is 13.2 Å². The Labute approximate surface area is 178 Å². The third-order valence-electron chi connectivity index (χ3n) is 5.08. The Balaban J connectivity index is 1.35. The fraction of sp³-hybridized carbons (Fsp3) is 0.200. The van der Waals surface area contributed by atoms with Crippen LogP contribution in [0.25, 0.3) is 22.0 Å². The van der Waals surface area contributed by atoms with E-state index < -0.39 is 12.8 Å². The number of aromatic amines is 1. The van der Waals surface area contributed by atoms with Gasteiger partial charge >= 0.3 is 6.18 Å². The highest BCUT2D eigenvalue weighted by Gasteiger charge is 2.28. The first-order valence-electron chi connectivity index (χ1n) is 10.1. The summed E-state index contributed by atoms with van der Waals surface area (Å²) in [6.07, 6.45) is -1.47. The minimum absolute atomic E-state index is 0.224. The molecule has 0 aliphatic heterocycles. The molecule has 3 nitrogen and oxygen atoms in total. The first kappa shape index (κ1) is 21.0. The summed E-state index contributed by atoms with van der Waals surface area (Å²) in [6, 6.07) is 23.4. The summed E-state index contributed by atoms with van der Waals surface area (Å²) in [5.74, 6) is 0.224. The molecule has 0 aliphatic rings. The molecule has 0 bridgehead atoms. The van der Waals surface area contributed by atoms with Crippen LogP contribution >= 0.6 is 0 Å². The predicted molar refractivity (Wildman–Crippen MR) is 117 cm³/mol. The van der Waals surface area contributed by atoms with Gasteiger partial charge in [0.25, 0.3) is 0 Å². The van der Waals surface area contributed by atoms with E-state index in [0.29, 0.717) is 6.54 Å². The number of H-pyrrole nitrogens is 1. The van der Waals surface area contributed by atoms with Crippen LogP contribution in [0.3, 0.4) is 0 Å². The van der Waals surface area contributed by atoms with E-state index in [9.17, 15) is 13.2 Å². The Morgan fingerprint density at radius 1 is 0.871 bits per heavy atom. The van der Waals surface area contributed by atoms with Gasteiger partial charge in [0, 0.05) is 23.6 Å². The lowest BCUT2D eigenvalue weighted by molar-refractivity contribution is -0.153. The van der Waals surface area contributed by atoms with Crippen molar-refractivity contribution >= 4 is 10.9 Å². The van der Waals surface area contributed by atoms with Crippen LogP contribution in [0.5, 0.6) is 5.75 Å². The van der Waals surface area contributed by atoms with E-state index in [2.05, 4.69) is 40.6 Å². The van der Waals surface area contributed by atoms with E-state index in [1.54, 1.807) is 12.1 Å². The van der Waals surface area contributed by atoms with E-state index in [1.165, 1.54) is 28.1 Å². The van der Waals surface area contributed by atoms with Crippen LogP contribution in [-0.2, 0) is 13.0 Å². The standard InChI is InChI=1S/C25H23F3N2O/c26-25(27,28)17-31-22-8-4-5-18(13-22)15-29-12-11-21-16-30-24-10-9-20(14-23(21)24)19-6-2-1-3-7-19/h1-10,13-14,16,29-30H,11-12,15,17H2. The normalized spacial score (nSPS) is 11.7. The fourth-order valence-corrected chi connectivity index (χ4v) is 3.56. The topological polar surface area (TPSA) is 37.0 Å². The van der Waals surface area contributed by atoms with Gasteiger partial charge in [0.15, 0.2) is 6.61 Å². The van der Waals surface area contributed by atoms with Crippen molar-refractivity contribution < 1.29 is 17.9 Å². The van der Waals surface area contributed by atoms with Crippen LogP contribution in [0.15, 0.2) is 79.0 Å². The number of hydrogen-bond donors (Lipinski definition) is 2. The Hall–Kier alpha value is -3.25. The van der Waals surface area contributed by atoms with Gasteiger partial charge in [0.2, 0.25) is 0 Å². The van der Waals surface area contributed by atoms with Crippen molar-refractivity contribution in [3.05, 3.63) is 90.1 Å². The number of benzene rings is 3. The van der Waals surface area contributed by atoms with Gasteiger partial charge in [-0.1, -0.05) is 48.5 Å². The molecule has 0 spiro atoms. The molecule has 2 N–H and O–H groups in total. The number of hydrogen-bond acceptors (Lipinski definition) is 2. The molecule has 4 aromatic rings. The van der Waals surface area contributed by atoms with Crippen LogP contribution in [0.2, 0.25) is 0 Å². The van der Waals surface area contributed by atoms with Gasteiger partial charge in [-0.25, -0.2) is 0 Å². The van der Waals surface area contributed by atoms with E-state index in [-0.39, 0.29) is 5.75 Å². The lowest BCUT2D eigenvalue weighted by Crippen LogP contribution is -2.19. The molecule has 0 fully saturated rings. The summed E-state index contributed by atoms with van der Waals surface area (Å²) in [4.78, 5) is 3.32. The molecule has 0 saturated heterocycles. The third-order valence-corrected chi connectivity index (χ3v) is 5.08. The van der Waals surface area contributed by atoms with Gasteiger partial charge in [-0.15, -0.1) is 0 Å². The Kier molecular flexibility index (Phi) is 6.28. The first-order chi connectivity index (χ1) is 15.0. The van der Waals surface area contributed by atoms with Gasteiger partial charge in [0.05, 0.1) is 0 Å². The van der Waals surface area contributed by atoms with E-state index >= 15 is 0 Å². The molecule has 0 saturated carbocycles. The van der Waals surface area contributed by atoms with Gasteiger partial charge < -0.3 is 15.0 Å². The number of alkyl halides is 3. The van der Waals surface area contributed by atoms with Crippen molar-refractivity contribution in [3.8, 4) is 16.9 Å². The zero-order valence-electron chi connectivity index (χ0n) is 16.9. The second-order valence-electron chi connectivity index (χ2n) is 7.42. The van der Waals surface area contributed by atoms with Gasteiger partial charge in [-0.05, 0) is 59.5 Å². The first-order valence-corrected chi connectivity index (χ1v) is 10.1. The molecule has 3 aromatic carbocycles. The maximum absolute atomic E-state index is 12.3. The molecule has 0 radical (unpaired) electrons. The summed E-state index contributed by atoms with van der Waals surface area (Å²) in [6.45, 7) is 0.0202. The molecule has 0 atom stereocenters. The molecule has 1 heterocycles. The van der Waals surface area contributed by atoms with Crippen molar-refractivity contribution in [2.45, 2.75) is 19.1 Å². The summed E-state index contributed by atoms with van der Waals surface area (Å²) in [5.41, 5.74) is 5.57. The Morgan fingerprint density at radius 2 is 1.71 bits per heavy atom. The lowest BCUT2D eigenvalue weighted by Gasteiger charge is -2.10. The largest absolute Gasteiger partial charge is 0.484 e. The highest BCUT2D eigenvalue weighted by molar-refractivity contribution is 5.88. The molecule has 31 heavy (non-hydrogen) atoms. The van der Waals surface area contributed by atoms with E-state index in [1.807, 2.05) is 30.5 Å². The molecule has 6 heteroatoms. The Bertz CT molecular complexity index is 1140. The molecule has 1 aromatic heterocycles. The molecule has 0 unspecified atom stereocenters. The molecule has 0 amide bonds. The maximum atomic E-state index is 12.3. The zero-order chi connectivity index (χ0) is 21.7. The number of rotatable bonds is 8. The second kappa shape index (κ2) is 9.27. The van der Waals surface area contributed by atoms with Gasteiger partial charge in [0.1, 0.15) is 5.75 Å². The zero-order valence-corrected chi connectivity index (χ0v) is 16.9. The van der Waals surface area contributed by atoms with Crippen LogP contribution in [0, 0.1) is 0 Å². The van der Waals surface area contributed by atoms with Crippen molar-refractivity contribution in [3.63, 3.8) is 0 Å². The molecule has 0 aliphatic carbocycles. The fourth-order valence-electron chi connectivity index (χ4n) is 3.56. The average Bonchev–Trinajstić information content (AvgIpc) is 3.18. The molecular weight excluding hydrogens is 401 g/mol. The number of aromatic nitrogens is 1. The van der Waals surface area contributed by atoms with Crippen molar-refractivity contribution in [1.82, 2.24) is 10.3 Å². The second-order valence-corrected chi connectivity index (χ2v) is 7.42. The summed E-state index contributed by atoms with van der Waals surface area (Å²) < 4.78 is 41.8. The van der Waals surface area contributed by atoms with E-state index in [0.717, 1.165) is 24.0 Å². The van der Waals surface area contributed by atoms with Crippen LogP contribution < -0.4 is 10.1 Å². The van der Waals surface area contributed by atoms with Crippen molar-refractivity contribution in [2.24, 2.45) is 0 Å². The third kappa shape index (κ3) is 5.67. The molecular formula is C25H23F3N2O. The number of ether oxygens (including phenoxy) is 1. The average molecular weight is 424 g/mol. The van der Waals surface area contributed by atoms with Crippen LogP contribution in [-0.4, -0.2) is 24.3 Å². The Morgan fingerprint density at radius 3 is 2.52 bits per heavy atom. The van der Waals surface area contributed by atoms with Crippen LogP contribution in [0.1, 0.15) is 11.1 Å². The van der Waals surface area contributed by atoms with Crippen LogP contribution in [0.4, 0.5) is 13.2 Å². The highest BCUT2D eigenvalue weighted by Crippen LogP contribution is 2.26. The summed E-state index contributed by atoms with van der Waals surface area (Å²) in [7, 11) is 0. The minimum atomic E-state index is -4.34. The van der Waals surface area contributed by atoms with Gasteiger partial charge in [-0.2, -0.15) is 13.2 Å². The molecule has 4 rings (SSSR count). The minimum Gasteiger partial charge on any atom is -0.484 e. The smallest absolute Gasteiger partial charge is 0.422 e. The van der Waals surface area contributed by atoms with Crippen molar-refractivity contribution in [1.29, 1.82) is 0 Å². The highest BCUT2D eigenvalue weighted by atomic mass is 19.4. The number of halogens is 3. The molecule has 160 valence electrons. The quantitative estimate of drug-likeness (QED) is 0.335.